The van der Waals surface area contributed by atoms with Crippen molar-refractivity contribution in [2.45, 2.75) is 33.7 Å². The Morgan fingerprint density at radius 3 is 2.33 bits per heavy atom. The van der Waals surface area contributed by atoms with Gasteiger partial charge in [0.1, 0.15) is 0 Å². The lowest BCUT2D eigenvalue weighted by molar-refractivity contribution is 0.0821. The predicted octanol–water partition coefficient (Wildman–Crippen LogP) is 1.71. The highest BCUT2D eigenvalue weighted by atomic mass is 16.5. The van der Waals surface area contributed by atoms with E-state index in [1.807, 2.05) is 6.92 Å². The summed E-state index contributed by atoms with van der Waals surface area (Å²) in [4.78, 5) is 9.28. The van der Waals surface area contributed by atoms with Crippen LogP contribution in [0.5, 0.6) is 0 Å². The highest BCUT2D eigenvalue weighted by molar-refractivity contribution is 4.91. The Balaban J connectivity index is 1.86. The van der Waals surface area contributed by atoms with Crippen LogP contribution < -0.4 is 0 Å². The molecule has 1 aromatic rings. The molecule has 0 radical (unpaired) electrons. The Labute approximate surface area is 109 Å². The van der Waals surface area contributed by atoms with Gasteiger partial charge < -0.3 is 9.42 Å². The maximum Gasteiger partial charge on any atom is 0.243 e. The van der Waals surface area contributed by atoms with Gasteiger partial charge in [0.15, 0.2) is 5.82 Å². The molecule has 1 aliphatic heterocycles. The molecule has 1 saturated heterocycles. The van der Waals surface area contributed by atoms with Crippen LogP contribution in [0.2, 0.25) is 0 Å². The van der Waals surface area contributed by atoms with Crippen molar-refractivity contribution in [1.82, 2.24) is 19.9 Å². The molecule has 102 valence electrons. The van der Waals surface area contributed by atoms with Crippen molar-refractivity contribution in [2.75, 3.05) is 32.7 Å². The lowest BCUT2D eigenvalue weighted by Gasteiger charge is -2.37. The van der Waals surface area contributed by atoms with Crippen LogP contribution >= 0.6 is 0 Å². The average Bonchev–Trinajstić information content (AvgIpc) is 2.75. The summed E-state index contributed by atoms with van der Waals surface area (Å²) >= 11 is 0. The molecule has 1 fully saturated rings. The number of aryl methyl sites for hydroxylation is 1. The highest BCUT2D eigenvalue weighted by Crippen LogP contribution is 2.20. The van der Waals surface area contributed by atoms with E-state index in [1.54, 1.807) is 0 Å². The first-order valence-electron chi connectivity index (χ1n) is 6.83. The van der Waals surface area contributed by atoms with Crippen LogP contribution in [0, 0.1) is 12.8 Å². The molecule has 0 spiro atoms. The molecule has 0 saturated carbocycles. The van der Waals surface area contributed by atoms with E-state index in [1.165, 1.54) is 6.54 Å². The predicted molar refractivity (Wildman–Crippen MR) is 70.3 cm³/mol. The van der Waals surface area contributed by atoms with Crippen molar-refractivity contribution in [3.05, 3.63) is 11.7 Å². The zero-order chi connectivity index (χ0) is 13.1. The first-order valence-corrected chi connectivity index (χ1v) is 6.83. The van der Waals surface area contributed by atoms with E-state index in [9.17, 15) is 0 Å². The number of rotatable bonds is 4. The van der Waals surface area contributed by atoms with Crippen LogP contribution in [0.3, 0.4) is 0 Å². The molecule has 18 heavy (non-hydrogen) atoms. The Morgan fingerprint density at radius 2 is 1.83 bits per heavy atom. The van der Waals surface area contributed by atoms with Gasteiger partial charge in [-0.15, -0.1) is 0 Å². The third-order valence-electron chi connectivity index (χ3n) is 3.48. The molecule has 0 bridgehead atoms. The van der Waals surface area contributed by atoms with E-state index in [0.29, 0.717) is 0 Å². The molecule has 2 heterocycles. The molecular weight excluding hydrogens is 228 g/mol. The second kappa shape index (κ2) is 5.80. The minimum atomic E-state index is 0.229. The summed E-state index contributed by atoms with van der Waals surface area (Å²) in [7, 11) is 0. The van der Waals surface area contributed by atoms with Crippen LogP contribution in [0.15, 0.2) is 4.52 Å². The normalized spacial score (nSPS) is 20.5. The van der Waals surface area contributed by atoms with Gasteiger partial charge in [-0.1, -0.05) is 19.0 Å². The molecule has 0 amide bonds. The first kappa shape index (κ1) is 13.5. The van der Waals surface area contributed by atoms with Crippen molar-refractivity contribution in [3.8, 4) is 0 Å². The minimum absolute atomic E-state index is 0.229. The van der Waals surface area contributed by atoms with Crippen molar-refractivity contribution in [3.63, 3.8) is 0 Å². The number of piperazine rings is 1. The molecule has 5 nitrogen and oxygen atoms in total. The quantitative estimate of drug-likeness (QED) is 0.816. The molecule has 0 unspecified atom stereocenters. The van der Waals surface area contributed by atoms with Gasteiger partial charge in [-0.05, 0) is 19.8 Å². The second-order valence-electron chi connectivity index (χ2n) is 5.59. The van der Waals surface area contributed by atoms with Gasteiger partial charge in [-0.25, -0.2) is 0 Å². The topological polar surface area (TPSA) is 45.4 Å². The monoisotopic (exact) mass is 252 g/mol. The lowest BCUT2D eigenvalue weighted by atomic mass is 10.1. The van der Waals surface area contributed by atoms with Crippen molar-refractivity contribution in [2.24, 2.45) is 5.92 Å². The number of hydrogen-bond donors (Lipinski definition) is 0. The fourth-order valence-corrected chi connectivity index (χ4v) is 2.49. The SMILES string of the molecule is Cc1noc([C@H](C)N2CCN(CC(C)C)CC2)n1. The second-order valence-corrected chi connectivity index (χ2v) is 5.59. The van der Waals surface area contributed by atoms with Crippen LogP contribution in [0.1, 0.15) is 38.5 Å². The maximum atomic E-state index is 5.25. The van der Waals surface area contributed by atoms with Gasteiger partial charge in [0, 0.05) is 32.7 Å². The van der Waals surface area contributed by atoms with Crippen LogP contribution in [-0.2, 0) is 0 Å². The highest BCUT2D eigenvalue weighted by Gasteiger charge is 2.25. The molecule has 0 N–H and O–H groups in total. The molecule has 0 aromatic carbocycles. The number of hydrogen-bond acceptors (Lipinski definition) is 5. The van der Waals surface area contributed by atoms with Gasteiger partial charge in [0.25, 0.3) is 0 Å². The molecule has 1 aromatic heterocycles. The lowest BCUT2D eigenvalue weighted by Crippen LogP contribution is -2.48. The zero-order valence-electron chi connectivity index (χ0n) is 11.9. The van der Waals surface area contributed by atoms with E-state index in [0.717, 1.165) is 43.8 Å². The smallest absolute Gasteiger partial charge is 0.243 e. The fourth-order valence-electron chi connectivity index (χ4n) is 2.49. The summed E-state index contributed by atoms with van der Waals surface area (Å²) in [5, 5.41) is 3.86. The van der Waals surface area contributed by atoms with Crippen LogP contribution in [0.4, 0.5) is 0 Å². The Bertz CT molecular complexity index is 369. The molecule has 2 rings (SSSR count). The van der Waals surface area contributed by atoms with Gasteiger partial charge in [-0.2, -0.15) is 4.98 Å². The van der Waals surface area contributed by atoms with Gasteiger partial charge in [0.2, 0.25) is 5.89 Å². The Morgan fingerprint density at radius 1 is 1.17 bits per heavy atom. The third-order valence-corrected chi connectivity index (χ3v) is 3.48. The summed E-state index contributed by atoms with van der Waals surface area (Å²) in [6, 6.07) is 0.229. The van der Waals surface area contributed by atoms with Gasteiger partial charge in [-0.3, -0.25) is 4.90 Å². The standard InChI is InChI=1S/C13H24N4O/c1-10(2)9-16-5-7-17(8-6-16)11(3)13-14-12(4)15-18-13/h10-11H,5-9H2,1-4H3/t11-/m0/s1. The van der Waals surface area contributed by atoms with E-state index in [-0.39, 0.29) is 6.04 Å². The molecular formula is C13H24N4O. The number of aromatic nitrogens is 2. The van der Waals surface area contributed by atoms with E-state index >= 15 is 0 Å². The maximum absolute atomic E-state index is 5.25. The zero-order valence-corrected chi connectivity index (χ0v) is 11.9. The summed E-state index contributed by atoms with van der Waals surface area (Å²) in [6.07, 6.45) is 0. The minimum Gasteiger partial charge on any atom is -0.338 e. The first-order chi connectivity index (χ1) is 8.56. The molecule has 0 aliphatic carbocycles. The largest absolute Gasteiger partial charge is 0.338 e. The third kappa shape index (κ3) is 3.29. The summed E-state index contributed by atoms with van der Waals surface area (Å²) in [5.41, 5.74) is 0. The average molecular weight is 252 g/mol. The summed E-state index contributed by atoms with van der Waals surface area (Å²) < 4.78 is 5.25. The number of nitrogens with zero attached hydrogens (tertiary/aromatic N) is 4. The van der Waals surface area contributed by atoms with E-state index in [2.05, 4.69) is 40.7 Å². The Kier molecular flexibility index (Phi) is 4.35. The fraction of sp³-hybridized carbons (Fsp3) is 0.846. The summed E-state index contributed by atoms with van der Waals surface area (Å²) in [5.74, 6) is 2.20. The molecule has 1 aliphatic rings. The van der Waals surface area contributed by atoms with Crippen molar-refractivity contribution >= 4 is 0 Å². The summed E-state index contributed by atoms with van der Waals surface area (Å²) in [6.45, 7) is 14.2. The molecule has 5 heteroatoms. The van der Waals surface area contributed by atoms with Crippen LogP contribution in [-0.4, -0.2) is 52.7 Å². The van der Waals surface area contributed by atoms with Crippen molar-refractivity contribution < 1.29 is 4.52 Å². The van der Waals surface area contributed by atoms with Gasteiger partial charge >= 0.3 is 0 Å². The Hall–Kier alpha value is -0.940. The van der Waals surface area contributed by atoms with Gasteiger partial charge in [0.05, 0.1) is 6.04 Å². The van der Waals surface area contributed by atoms with E-state index in [4.69, 9.17) is 4.52 Å². The van der Waals surface area contributed by atoms with E-state index < -0.39 is 0 Å². The van der Waals surface area contributed by atoms with Crippen LogP contribution in [0.25, 0.3) is 0 Å². The van der Waals surface area contributed by atoms with Crippen molar-refractivity contribution in [1.29, 1.82) is 0 Å². The molecule has 1 atom stereocenters.